The Hall–Kier alpha value is -2.75. The van der Waals surface area contributed by atoms with Crippen LogP contribution >= 0.6 is 0 Å². The van der Waals surface area contributed by atoms with Crippen LogP contribution in [0.2, 0.25) is 0 Å². The normalized spacial score (nSPS) is 28.2. The van der Waals surface area contributed by atoms with Crippen molar-refractivity contribution in [2.75, 3.05) is 0 Å². The van der Waals surface area contributed by atoms with Crippen LogP contribution in [0.5, 0.6) is 0 Å². The van der Waals surface area contributed by atoms with E-state index in [2.05, 4.69) is 95.0 Å². The van der Waals surface area contributed by atoms with Crippen molar-refractivity contribution < 1.29 is 0 Å². The molecule has 0 aromatic carbocycles. The summed E-state index contributed by atoms with van der Waals surface area (Å²) in [6.45, 7) is 18.6. The van der Waals surface area contributed by atoms with Gasteiger partial charge in [-0.2, -0.15) is 0 Å². The van der Waals surface area contributed by atoms with E-state index in [1.165, 1.54) is 61.4 Å². The lowest BCUT2D eigenvalue weighted by Crippen LogP contribution is -2.23. The van der Waals surface area contributed by atoms with Crippen molar-refractivity contribution >= 4 is 23.9 Å². The molecule has 4 nitrogen and oxygen atoms in total. The molecule has 5 rings (SSSR count). The molecule has 1 saturated heterocycles. The second kappa shape index (κ2) is 12.0. The van der Waals surface area contributed by atoms with Crippen molar-refractivity contribution in [1.82, 2.24) is 15.3 Å². The lowest BCUT2D eigenvalue weighted by Gasteiger charge is -2.22. The number of allylic oxidation sites excluding steroid dienone is 2. The van der Waals surface area contributed by atoms with Gasteiger partial charge in [-0.25, -0.2) is 0 Å². The van der Waals surface area contributed by atoms with Crippen LogP contribution < -0.4 is 16.0 Å². The maximum absolute atomic E-state index is 5.48. The van der Waals surface area contributed by atoms with E-state index in [4.69, 9.17) is 4.99 Å². The number of hydrogen-bond donors (Lipinski definition) is 3. The zero-order valence-electron chi connectivity index (χ0n) is 26.3. The van der Waals surface area contributed by atoms with E-state index in [-0.39, 0.29) is 6.04 Å². The van der Waals surface area contributed by atoms with Gasteiger partial charge in [-0.15, -0.1) is 0 Å². The third-order valence-corrected chi connectivity index (χ3v) is 10.2. The molecule has 0 saturated carbocycles. The lowest BCUT2D eigenvalue weighted by molar-refractivity contribution is 0.389. The molecule has 5 unspecified atom stereocenters. The fourth-order valence-corrected chi connectivity index (χ4v) is 8.25. The number of H-pyrrole nitrogens is 2. The van der Waals surface area contributed by atoms with Crippen molar-refractivity contribution in [2.45, 2.75) is 113 Å². The zero-order chi connectivity index (χ0) is 28.6. The van der Waals surface area contributed by atoms with Crippen LogP contribution in [0.1, 0.15) is 115 Å². The summed E-state index contributed by atoms with van der Waals surface area (Å²) in [4.78, 5) is 13.3. The zero-order valence-corrected chi connectivity index (χ0v) is 26.3. The number of hydrogen-bond acceptors (Lipinski definition) is 2. The highest BCUT2D eigenvalue weighted by molar-refractivity contribution is 6.12. The number of aromatic amines is 2. The average molecular weight is 541 g/mol. The molecule has 3 aliphatic heterocycles. The third kappa shape index (κ3) is 4.76. The van der Waals surface area contributed by atoms with Crippen molar-refractivity contribution in [1.29, 1.82) is 0 Å². The van der Waals surface area contributed by atoms with Gasteiger partial charge in [0.15, 0.2) is 0 Å². The molecule has 2 aromatic heterocycles. The first-order valence-corrected chi connectivity index (χ1v) is 16.4. The Balaban J connectivity index is 1.85. The molecule has 0 spiro atoms. The standard InChI is InChI=1S/C36H52N4/c1-9-21-22(10-2)30-18-32-25(13-5)26(14-6)34(39-32)20-36-28(16-8)27(15-7)35(40-36)19-33-24(12-4)23(11-3)31(38-33)17-29(21)37-30/h17-24,29,38-40H,9-16H2,1-8H3/b31-17-,32-18?,33-19-,34-20?. The molecular formula is C36H52N4. The van der Waals surface area contributed by atoms with E-state index in [0.29, 0.717) is 23.7 Å². The van der Waals surface area contributed by atoms with Crippen LogP contribution in [0.25, 0.3) is 18.2 Å². The van der Waals surface area contributed by atoms with Crippen LogP contribution in [0.3, 0.4) is 0 Å². The Morgan fingerprint density at radius 2 is 1.12 bits per heavy atom. The monoisotopic (exact) mass is 540 g/mol. The minimum Gasteiger partial charge on any atom is -0.362 e. The topological polar surface area (TPSA) is 56.0 Å². The van der Waals surface area contributed by atoms with E-state index >= 15 is 0 Å². The summed E-state index contributed by atoms with van der Waals surface area (Å²) in [5.74, 6) is 2.08. The van der Waals surface area contributed by atoms with Crippen LogP contribution in [0, 0.1) is 23.7 Å². The summed E-state index contributed by atoms with van der Waals surface area (Å²) in [5, 5.41) is 6.48. The molecule has 5 atom stereocenters. The lowest BCUT2D eigenvalue weighted by atomic mass is 9.81. The molecule has 0 amide bonds. The molecule has 8 bridgehead atoms. The number of nitrogens with zero attached hydrogens (tertiary/aromatic N) is 1. The minimum absolute atomic E-state index is 0.231. The van der Waals surface area contributed by atoms with Crippen molar-refractivity contribution in [3.8, 4) is 0 Å². The highest BCUT2D eigenvalue weighted by atomic mass is 15.0. The van der Waals surface area contributed by atoms with Crippen LogP contribution in [-0.2, 0) is 25.7 Å². The van der Waals surface area contributed by atoms with E-state index in [0.717, 1.165) is 51.4 Å². The van der Waals surface area contributed by atoms with Gasteiger partial charge in [0.25, 0.3) is 0 Å². The quantitative estimate of drug-likeness (QED) is 0.333. The number of nitrogens with one attached hydrogen (secondary N) is 3. The Morgan fingerprint density at radius 3 is 1.68 bits per heavy atom. The number of aliphatic imine (C=N–C) groups is 1. The second-order valence-corrected chi connectivity index (χ2v) is 12.0. The molecule has 5 heterocycles. The fraction of sp³-hybridized carbons (Fsp3) is 0.583. The SMILES string of the molecule is CCc1c2[nH]c(c1CC)/C=C1\N/C(=C\C3N=C(C=c4[nH]c(c(CC)c4CC)=C2)C(CC)C3CC)C(CC)C1CC. The summed E-state index contributed by atoms with van der Waals surface area (Å²) in [5.41, 5.74) is 12.4. The van der Waals surface area contributed by atoms with Gasteiger partial charge in [0, 0.05) is 56.9 Å². The minimum atomic E-state index is 0.231. The van der Waals surface area contributed by atoms with Gasteiger partial charge in [-0.05, 0) is 97.4 Å². The highest BCUT2D eigenvalue weighted by Gasteiger charge is 2.38. The first kappa shape index (κ1) is 28.8. The molecule has 216 valence electrons. The maximum Gasteiger partial charge on any atom is 0.0737 e. The second-order valence-electron chi connectivity index (χ2n) is 12.0. The predicted molar refractivity (Wildman–Crippen MR) is 172 cm³/mol. The highest BCUT2D eigenvalue weighted by Crippen LogP contribution is 2.41. The predicted octanol–water partition coefficient (Wildman–Crippen LogP) is 6.97. The fourth-order valence-electron chi connectivity index (χ4n) is 8.25. The van der Waals surface area contributed by atoms with Gasteiger partial charge in [0.2, 0.25) is 0 Å². The number of fused-ring (bicyclic) bond motifs is 7. The molecule has 3 aliphatic rings. The van der Waals surface area contributed by atoms with Crippen LogP contribution in [-0.4, -0.2) is 21.7 Å². The first-order chi connectivity index (χ1) is 19.5. The summed E-state index contributed by atoms with van der Waals surface area (Å²) in [7, 11) is 0. The van der Waals surface area contributed by atoms with Gasteiger partial charge >= 0.3 is 0 Å². The first-order valence-electron chi connectivity index (χ1n) is 16.4. The van der Waals surface area contributed by atoms with Crippen LogP contribution in [0.4, 0.5) is 0 Å². The van der Waals surface area contributed by atoms with Crippen molar-refractivity contribution in [3.05, 3.63) is 61.8 Å². The smallest absolute Gasteiger partial charge is 0.0737 e. The van der Waals surface area contributed by atoms with E-state index < -0.39 is 0 Å². The van der Waals surface area contributed by atoms with Crippen molar-refractivity contribution in [3.63, 3.8) is 0 Å². The van der Waals surface area contributed by atoms with E-state index in [1.54, 1.807) is 0 Å². The average Bonchev–Trinajstić information content (AvgIpc) is 3.67. The Labute approximate surface area is 242 Å². The Kier molecular flexibility index (Phi) is 8.63. The molecular weight excluding hydrogens is 488 g/mol. The van der Waals surface area contributed by atoms with Gasteiger partial charge < -0.3 is 15.3 Å². The molecule has 0 radical (unpaired) electrons. The maximum atomic E-state index is 5.48. The van der Waals surface area contributed by atoms with Gasteiger partial charge in [0.05, 0.1) is 6.04 Å². The number of rotatable bonds is 8. The molecule has 2 aromatic rings. The largest absolute Gasteiger partial charge is 0.362 e. The summed E-state index contributed by atoms with van der Waals surface area (Å²) >= 11 is 0. The molecule has 3 N–H and O–H groups in total. The Morgan fingerprint density at radius 1 is 0.575 bits per heavy atom. The summed E-state index contributed by atoms with van der Waals surface area (Å²) < 4.78 is 0. The van der Waals surface area contributed by atoms with Gasteiger partial charge in [0.1, 0.15) is 0 Å². The molecule has 4 heteroatoms. The molecule has 0 aliphatic carbocycles. The number of aromatic nitrogens is 2. The molecule has 40 heavy (non-hydrogen) atoms. The summed E-state index contributed by atoms with van der Waals surface area (Å²) in [6, 6.07) is 0.231. The molecule has 1 fully saturated rings. The van der Waals surface area contributed by atoms with Crippen LogP contribution in [0.15, 0.2) is 22.5 Å². The van der Waals surface area contributed by atoms with E-state index in [9.17, 15) is 0 Å². The van der Waals surface area contributed by atoms with Crippen molar-refractivity contribution in [2.24, 2.45) is 28.7 Å². The summed E-state index contributed by atoms with van der Waals surface area (Å²) in [6.07, 6.45) is 18.5. The van der Waals surface area contributed by atoms with Gasteiger partial charge in [-0.1, -0.05) is 61.8 Å². The van der Waals surface area contributed by atoms with Gasteiger partial charge in [-0.3, -0.25) is 4.99 Å². The third-order valence-electron chi connectivity index (χ3n) is 10.2. The Bertz CT molecular complexity index is 1440. The van der Waals surface area contributed by atoms with E-state index in [1.807, 2.05) is 0 Å².